The van der Waals surface area contributed by atoms with Crippen LogP contribution in [0.2, 0.25) is 0 Å². The summed E-state index contributed by atoms with van der Waals surface area (Å²) in [6.07, 6.45) is 3.56. The molecule has 200 valence electrons. The lowest BCUT2D eigenvalue weighted by atomic mass is 9.59. The van der Waals surface area contributed by atoms with Gasteiger partial charge in [0.25, 0.3) is 0 Å². The maximum Gasteiger partial charge on any atom is 0.418 e. The van der Waals surface area contributed by atoms with E-state index in [4.69, 9.17) is 9.47 Å². The highest BCUT2D eigenvalue weighted by Crippen LogP contribution is 2.48. The summed E-state index contributed by atoms with van der Waals surface area (Å²) in [5, 5.41) is 20.4. The van der Waals surface area contributed by atoms with Gasteiger partial charge in [0.05, 0.1) is 24.9 Å². The van der Waals surface area contributed by atoms with Crippen molar-refractivity contribution in [1.82, 2.24) is 0 Å². The van der Waals surface area contributed by atoms with Crippen LogP contribution < -0.4 is 9.64 Å². The zero-order valence-electron chi connectivity index (χ0n) is 23.2. The van der Waals surface area contributed by atoms with Gasteiger partial charge in [-0.25, -0.2) is 4.79 Å². The number of ether oxygens (including phenoxy) is 2. The average Bonchev–Trinajstić information content (AvgIpc) is 2.94. The van der Waals surface area contributed by atoms with Gasteiger partial charge < -0.3 is 9.47 Å². The molecule has 3 aromatic carbocycles. The normalized spacial score (nSPS) is 13.6. The predicted octanol–water partition coefficient (Wildman–Crippen LogP) is 7.75. The van der Waals surface area contributed by atoms with Gasteiger partial charge in [0, 0.05) is 17.5 Å². The van der Waals surface area contributed by atoms with Crippen molar-refractivity contribution in [1.29, 1.82) is 10.5 Å². The van der Waals surface area contributed by atoms with Crippen molar-refractivity contribution in [2.75, 3.05) is 12.0 Å². The van der Waals surface area contributed by atoms with Gasteiger partial charge in [0.1, 0.15) is 17.3 Å². The summed E-state index contributed by atoms with van der Waals surface area (Å²) < 4.78 is 11.0. The molecule has 0 fully saturated rings. The molecular formula is C33H35N3O3. The molecule has 39 heavy (non-hydrogen) atoms. The predicted molar refractivity (Wildman–Crippen MR) is 153 cm³/mol. The number of nitrogens with zero attached hydrogens (tertiary/aromatic N) is 3. The summed E-state index contributed by atoms with van der Waals surface area (Å²) in [7, 11) is 1.58. The summed E-state index contributed by atoms with van der Waals surface area (Å²) in [5.74, 6) is -0.705. The van der Waals surface area contributed by atoms with Crippen molar-refractivity contribution in [3.63, 3.8) is 0 Å². The summed E-state index contributed by atoms with van der Waals surface area (Å²) >= 11 is 0. The minimum absolute atomic E-state index is 0.418. The number of hydrogen-bond acceptors (Lipinski definition) is 5. The number of amides is 1. The molecule has 0 aliphatic rings. The average molecular weight is 522 g/mol. The standard InChI is InChI=1S/C33H35N3O3/c1-6-33(27(23-34)24-35,26-15-11-8-12-16-26)30(25-13-9-7-10-14-25)21-22-36(31(37)39-32(2,3)4)28-17-19-29(38-5)20-18-28/h7-22,27,30H,6H2,1-5H3/b22-21+/t30-,33+/m0/s1. The molecule has 0 radical (unpaired) electrons. The molecular weight excluding hydrogens is 486 g/mol. The largest absolute Gasteiger partial charge is 0.497 e. The van der Waals surface area contributed by atoms with E-state index in [-0.39, 0.29) is 0 Å². The van der Waals surface area contributed by atoms with E-state index in [0.717, 1.165) is 11.1 Å². The Kier molecular flexibility index (Phi) is 9.52. The molecule has 0 heterocycles. The molecule has 0 aliphatic carbocycles. The maximum absolute atomic E-state index is 13.4. The van der Waals surface area contributed by atoms with Crippen LogP contribution in [0, 0.1) is 28.6 Å². The van der Waals surface area contributed by atoms with Crippen molar-refractivity contribution < 1.29 is 14.3 Å². The van der Waals surface area contributed by atoms with E-state index in [9.17, 15) is 15.3 Å². The second-order valence-electron chi connectivity index (χ2n) is 10.2. The molecule has 1 amide bonds. The molecule has 6 nitrogen and oxygen atoms in total. The Hall–Kier alpha value is -4.55. The fraction of sp³-hybridized carbons (Fsp3) is 0.303. The van der Waals surface area contributed by atoms with E-state index < -0.39 is 28.9 Å². The number of hydrogen-bond donors (Lipinski definition) is 0. The van der Waals surface area contributed by atoms with Crippen LogP contribution in [0.3, 0.4) is 0 Å². The van der Waals surface area contributed by atoms with Crippen molar-refractivity contribution in [3.8, 4) is 17.9 Å². The summed E-state index contributed by atoms with van der Waals surface area (Å²) in [4.78, 5) is 14.9. The minimum atomic E-state index is -0.948. The lowest BCUT2D eigenvalue weighted by molar-refractivity contribution is 0.0596. The summed E-state index contributed by atoms with van der Waals surface area (Å²) in [6, 6.07) is 31.1. The van der Waals surface area contributed by atoms with Crippen molar-refractivity contribution >= 4 is 11.8 Å². The van der Waals surface area contributed by atoms with Crippen LogP contribution in [-0.4, -0.2) is 18.8 Å². The molecule has 2 atom stereocenters. The highest BCUT2D eigenvalue weighted by molar-refractivity contribution is 5.90. The number of methoxy groups -OCH3 is 1. The van der Waals surface area contributed by atoms with E-state index in [2.05, 4.69) is 12.1 Å². The van der Waals surface area contributed by atoms with E-state index in [1.165, 1.54) is 4.90 Å². The van der Waals surface area contributed by atoms with Crippen molar-refractivity contribution in [2.45, 2.75) is 51.0 Å². The highest BCUT2D eigenvalue weighted by Gasteiger charge is 2.46. The van der Waals surface area contributed by atoms with Crippen LogP contribution in [0.25, 0.3) is 0 Å². The molecule has 0 spiro atoms. The van der Waals surface area contributed by atoms with Gasteiger partial charge in [0.2, 0.25) is 0 Å². The van der Waals surface area contributed by atoms with E-state index in [1.807, 2.05) is 94.4 Å². The third kappa shape index (κ3) is 6.67. The number of nitriles is 2. The minimum Gasteiger partial charge on any atom is -0.497 e. The second-order valence-corrected chi connectivity index (χ2v) is 10.2. The quantitative estimate of drug-likeness (QED) is 0.287. The molecule has 0 N–H and O–H groups in total. The Morgan fingerprint density at radius 3 is 1.97 bits per heavy atom. The molecule has 0 aromatic heterocycles. The van der Waals surface area contributed by atoms with Gasteiger partial charge in [-0.15, -0.1) is 0 Å². The third-order valence-electron chi connectivity index (χ3n) is 6.75. The van der Waals surface area contributed by atoms with Gasteiger partial charge >= 0.3 is 6.09 Å². The smallest absolute Gasteiger partial charge is 0.418 e. The van der Waals surface area contributed by atoms with Crippen LogP contribution in [-0.2, 0) is 10.2 Å². The SMILES string of the molecule is CC[C@@](c1ccccc1)(C(C#N)C#N)[C@@H](/C=C/N(C(=O)OC(C)(C)C)c1ccc(OC)cc1)c1ccccc1. The van der Waals surface area contributed by atoms with E-state index in [0.29, 0.717) is 17.9 Å². The fourth-order valence-corrected chi connectivity index (χ4v) is 4.88. The first-order chi connectivity index (χ1) is 18.7. The highest BCUT2D eigenvalue weighted by atomic mass is 16.6. The van der Waals surface area contributed by atoms with Gasteiger partial charge in [-0.05, 0) is 62.6 Å². The second kappa shape index (κ2) is 12.8. The Morgan fingerprint density at radius 2 is 1.49 bits per heavy atom. The van der Waals surface area contributed by atoms with Crippen molar-refractivity contribution in [2.24, 2.45) is 5.92 Å². The monoisotopic (exact) mass is 521 g/mol. The molecule has 0 saturated carbocycles. The molecule has 3 rings (SSSR count). The zero-order valence-corrected chi connectivity index (χ0v) is 23.2. The van der Waals surface area contributed by atoms with Gasteiger partial charge in [-0.2, -0.15) is 10.5 Å². The molecule has 3 aromatic rings. The van der Waals surface area contributed by atoms with Gasteiger partial charge in [-0.3, -0.25) is 4.90 Å². The van der Waals surface area contributed by atoms with Crippen LogP contribution >= 0.6 is 0 Å². The third-order valence-corrected chi connectivity index (χ3v) is 6.75. The molecule has 0 bridgehead atoms. The summed E-state index contributed by atoms with van der Waals surface area (Å²) in [6.45, 7) is 7.44. The number of benzene rings is 3. The maximum atomic E-state index is 13.4. The zero-order chi connectivity index (χ0) is 28.5. The first-order valence-corrected chi connectivity index (χ1v) is 12.9. The van der Waals surface area contributed by atoms with Crippen LogP contribution in [0.5, 0.6) is 5.75 Å². The number of carbonyl (C=O) groups excluding carboxylic acids is 1. The summed E-state index contributed by atoms with van der Waals surface area (Å²) in [5.41, 5.74) is 0.800. The Morgan fingerprint density at radius 1 is 0.923 bits per heavy atom. The molecule has 0 saturated heterocycles. The van der Waals surface area contributed by atoms with Gasteiger partial charge in [-0.1, -0.05) is 73.7 Å². The van der Waals surface area contributed by atoms with Crippen LogP contribution in [0.1, 0.15) is 51.2 Å². The Bertz CT molecular complexity index is 1320. The number of allylic oxidation sites excluding steroid dienone is 1. The van der Waals surface area contributed by atoms with Crippen molar-refractivity contribution in [3.05, 3.63) is 108 Å². The lowest BCUT2D eigenvalue weighted by Gasteiger charge is -2.41. The Labute approximate surface area is 231 Å². The molecule has 0 aliphatic heterocycles. The van der Waals surface area contributed by atoms with Crippen LogP contribution in [0.15, 0.2) is 97.2 Å². The van der Waals surface area contributed by atoms with E-state index in [1.54, 1.807) is 37.6 Å². The first kappa shape index (κ1) is 29.0. The molecule has 0 unspecified atom stereocenters. The topological polar surface area (TPSA) is 86.4 Å². The number of rotatable bonds is 9. The lowest BCUT2D eigenvalue weighted by Crippen LogP contribution is -2.40. The number of carbonyl (C=O) groups is 1. The molecule has 6 heteroatoms. The van der Waals surface area contributed by atoms with Gasteiger partial charge in [0.15, 0.2) is 0 Å². The fourth-order valence-electron chi connectivity index (χ4n) is 4.88. The first-order valence-electron chi connectivity index (χ1n) is 12.9. The Balaban J connectivity index is 2.24. The van der Waals surface area contributed by atoms with Crippen LogP contribution in [0.4, 0.5) is 10.5 Å². The number of anilines is 1. The van der Waals surface area contributed by atoms with E-state index >= 15 is 0 Å².